The van der Waals surface area contributed by atoms with Crippen LogP contribution in [0.1, 0.15) is 41.4 Å². The smallest absolute Gasteiger partial charge is 0.270 e. The number of likely N-dealkylation sites (tertiary alicyclic amines) is 1. The highest BCUT2D eigenvalue weighted by atomic mass is 16.1. The van der Waals surface area contributed by atoms with Crippen LogP contribution in [0.5, 0.6) is 0 Å². The van der Waals surface area contributed by atoms with Gasteiger partial charge in [-0.1, -0.05) is 18.6 Å². The summed E-state index contributed by atoms with van der Waals surface area (Å²) < 4.78 is 0. The van der Waals surface area contributed by atoms with E-state index in [2.05, 4.69) is 26.3 Å². The van der Waals surface area contributed by atoms with Crippen LogP contribution in [-0.4, -0.2) is 40.4 Å². The zero-order valence-corrected chi connectivity index (χ0v) is 13.7. The summed E-state index contributed by atoms with van der Waals surface area (Å²) in [6.07, 6.45) is 7.31. The maximum atomic E-state index is 12.4. The molecule has 126 valence electrons. The predicted octanol–water partition coefficient (Wildman–Crippen LogP) is 2.02. The van der Waals surface area contributed by atoms with Crippen molar-refractivity contribution in [1.82, 2.24) is 20.2 Å². The van der Waals surface area contributed by atoms with Gasteiger partial charge in [-0.25, -0.2) is 4.98 Å². The Morgan fingerprint density at radius 1 is 1.21 bits per heavy atom. The molecule has 3 N–H and O–H groups in total. The van der Waals surface area contributed by atoms with Crippen molar-refractivity contribution in [1.29, 1.82) is 0 Å². The third kappa shape index (κ3) is 4.08. The van der Waals surface area contributed by atoms with Gasteiger partial charge < -0.3 is 11.1 Å². The number of nitrogen functional groups attached to an aromatic ring is 1. The third-order valence-corrected chi connectivity index (χ3v) is 4.36. The molecule has 1 atom stereocenters. The number of piperidine rings is 1. The van der Waals surface area contributed by atoms with E-state index >= 15 is 0 Å². The van der Waals surface area contributed by atoms with Crippen molar-refractivity contribution in [3.63, 3.8) is 0 Å². The summed E-state index contributed by atoms with van der Waals surface area (Å²) in [6.45, 7) is 2.62. The van der Waals surface area contributed by atoms with Crippen LogP contribution in [-0.2, 0) is 0 Å². The lowest BCUT2D eigenvalue weighted by Crippen LogP contribution is -2.40. The third-order valence-electron chi connectivity index (χ3n) is 4.36. The van der Waals surface area contributed by atoms with Crippen molar-refractivity contribution in [2.45, 2.75) is 25.3 Å². The van der Waals surface area contributed by atoms with Crippen LogP contribution in [0.15, 0.2) is 42.7 Å². The van der Waals surface area contributed by atoms with Crippen molar-refractivity contribution in [3.05, 3.63) is 54.0 Å². The molecule has 0 radical (unpaired) electrons. The van der Waals surface area contributed by atoms with E-state index in [1.165, 1.54) is 19.3 Å². The highest BCUT2D eigenvalue weighted by molar-refractivity contribution is 5.92. The number of amides is 1. The van der Waals surface area contributed by atoms with E-state index in [9.17, 15) is 4.79 Å². The second kappa shape index (κ2) is 7.88. The summed E-state index contributed by atoms with van der Waals surface area (Å²) in [5, 5.41) is 3.00. The number of aromatic nitrogens is 2. The highest BCUT2D eigenvalue weighted by Crippen LogP contribution is 2.23. The highest BCUT2D eigenvalue weighted by Gasteiger charge is 2.23. The molecular formula is C18H23N5O. The Kier molecular flexibility index (Phi) is 5.38. The molecule has 24 heavy (non-hydrogen) atoms. The summed E-state index contributed by atoms with van der Waals surface area (Å²) >= 11 is 0. The predicted molar refractivity (Wildman–Crippen MR) is 93.4 cm³/mol. The van der Waals surface area contributed by atoms with Crippen molar-refractivity contribution < 1.29 is 4.79 Å². The van der Waals surface area contributed by atoms with Gasteiger partial charge in [-0.15, -0.1) is 0 Å². The number of nitrogens with one attached hydrogen (secondary N) is 1. The standard InChI is InChI=1S/C18H23N5O/c19-17-8-4-7-15(22-17)18(24)21-13-16(14-6-5-9-20-12-14)23-10-2-1-3-11-23/h4-9,12,16H,1-3,10-11,13H2,(H2,19,22)(H,21,24). The van der Waals surface area contributed by atoms with Crippen LogP contribution in [0.2, 0.25) is 0 Å². The number of hydrogen-bond acceptors (Lipinski definition) is 5. The van der Waals surface area contributed by atoms with Gasteiger partial charge in [-0.3, -0.25) is 14.7 Å². The summed E-state index contributed by atoms with van der Waals surface area (Å²) in [4.78, 5) is 23.1. The minimum Gasteiger partial charge on any atom is -0.384 e. The minimum absolute atomic E-state index is 0.129. The molecule has 1 saturated heterocycles. The maximum Gasteiger partial charge on any atom is 0.270 e. The molecule has 3 heterocycles. The molecule has 6 nitrogen and oxygen atoms in total. The van der Waals surface area contributed by atoms with Crippen molar-refractivity contribution in [2.24, 2.45) is 0 Å². The molecule has 2 aromatic heterocycles. The molecule has 3 rings (SSSR count). The summed E-state index contributed by atoms with van der Waals surface area (Å²) in [7, 11) is 0. The van der Waals surface area contributed by atoms with E-state index < -0.39 is 0 Å². The monoisotopic (exact) mass is 325 g/mol. The van der Waals surface area contributed by atoms with Crippen LogP contribution >= 0.6 is 0 Å². The largest absolute Gasteiger partial charge is 0.384 e. The maximum absolute atomic E-state index is 12.4. The van der Waals surface area contributed by atoms with Crippen LogP contribution in [0, 0.1) is 0 Å². The average Bonchev–Trinajstić information content (AvgIpc) is 2.63. The number of carbonyl (C=O) groups excluding carboxylic acids is 1. The first-order chi connectivity index (χ1) is 11.7. The Morgan fingerprint density at radius 2 is 2.04 bits per heavy atom. The number of rotatable bonds is 5. The molecule has 1 fully saturated rings. The number of hydrogen-bond donors (Lipinski definition) is 2. The number of anilines is 1. The van der Waals surface area contributed by atoms with E-state index in [-0.39, 0.29) is 11.9 Å². The minimum atomic E-state index is -0.201. The average molecular weight is 325 g/mol. The van der Waals surface area contributed by atoms with E-state index in [0.717, 1.165) is 18.7 Å². The van der Waals surface area contributed by atoms with Crippen LogP contribution in [0.4, 0.5) is 5.82 Å². The molecule has 0 aliphatic carbocycles. The van der Waals surface area contributed by atoms with Crippen LogP contribution in [0.25, 0.3) is 0 Å². The molecule has 0 spiro atoms. The topological polar surface area (TPSA) is 84.1 Å². The molecule has 2 aromatic rings. The van der Waals surface area contributed by atoms with Gasteiger partial charge in [0.25, 0.3) is 5.91 Å². The first kappa shape index (κ1) is 16.4. The Labute approximate surface area is 142 Å². The Hall–Kier alpha value is -2.47. The lowest BCUT2D eigenvalue weighted by molar-refractivity contribution is 0.0919. The molecule has 6 heteroatoms. The van der Waals surface area contributed by atoms with Gasteiger partial charge in [0.15, 0.2) is 0 Å². The molecule has 1 amide bonds. The summed E-state index contributed by atoms with van der Waals surface area (Å²) in [5.41, 5.74) is 7.12. The number of pyridine rings is 2. The second-order valence-corrected chi connectivity index (χ2v) is 6.06. The first-order valence-electron chi connectivity index (χ1n) is 8.39. The van der Waals surface area contributed by atoms with Gasteiger partial charge in [-0.2, -0.15) is 0 Å². The fourth-order valence-electron chi connectivity index (χ4n) is 3.12. The van der Waals surface area contributed by atoms with Gasteiger partial charge in [0.2, 0.25) is 0 Å². The summed E-state index contributed by atoms with van der Waals surface area (Å²) in [6, 6.07) is 9.21. The fraction of sp³-hybridized carbons (Fsp3) is 0.389. The van der Waals surface area contributed by atoms with Gasteiger partial charge in [0.1, 0.15) is 11.5 Å². The Morgan fingerprint density at radius 3 is 2.75 bits per heavy atom. The van der Waals surface area contributed by atoms with Crippen LogP contribution in [0.3, 0.4) is 0 Å². The van der Waals surface area contributed by atoms with Crippen molar-refractivity contribution >= 4 is 11.7 Å². The zero-order valence-electron chi connectivity index (χ0n) is 13.7. The quantitative estimate of drug-likeness (QED) is 0.878. The van der Waals surface area contributed by atoms with Gasteiger partial charge in [0.05, 0.1) is 6.04 Å². The van der Waals surface area contributed by atoms with Gasteiger partial charge in [0, 0.05) is 18.9 Å². The van der Waals surface area contributed by atoms with Crippen LogP contribution < -0.4 is 11.1 Å². The van der Waals surface area contributed by atoms with E-state index in [0.29, 0.717) is 18.1 Å². The molecule has 0 bridgehead atoms. The fourth-order valence-corrected chi connectivity index (χ4v) is 3.12. The van der Waals surface area contributed by atoms with E-state index in [1.54, 1.807) is 24.4 Å². The molecule has 1 aliphatic rings. The summed E-state index contributed by atoms with van der Waals surface area (Å²) in [5.74, 6) is 0.149. The van der Waals surface area contributed by atoms with Gasteiger partial charge in [-0.05, 0) is 49.7 Å². The Bertz CT molecular complexity index is 670. The first-order valence-corrected chi connectivity index (χ1v) is 8.39. The molecule has 0 aromatic carbocycles. The number of nitrogens with two attached hydrogens (primary N) is 1. The molecule has 0 saturated carbocycles. The normalized spacial score (nSPS) is 16.5. The molecular weight excluding hydrogens is 302 g/mol. The van der Waals surface area contributed by atoms with E-state index in [4.69, 9.17) is 5.73 Å². The SMILES string of the molecule is Nc1cccc(C(=O)NCC(c2cccnc2)N2CCCCC2)n1. The van der Waals surface area contributed by atoms with Gasteiger partial charge >= 0.3 is 0 Å². The number of nitrogens with zero attached hydrogens (tertiary/aromatic N) is 3. The zero-order chi connectivity index (χ0) is 16.8. The number of carbonyl (C=O) groups is 1. The van der Waals surface area contributed by atoms with Crippen molar-refractivity contribution in [3.8, 4) is 0 Å². The lowest BCUT2D eigenvalue weighted by atomic mass is 10.0. The van der Waals surface area contributed by atoms with Crippen molar-refractivity contribution in [2.75, 3.05) is 25.4 Å². The molecule has 1 aliphatic heterocycles. The Balaban J connectivity index is 1.71. The second-order valence-electron chi connectivity index (χ2n) is 6.06. The van der Waals surface area contributed by atoms with E-state index in [1.807, 2.05) is 12.3 Å². The molecule has 1 unspecified atom stereocenters. The lowest BCUT2D eigenvalue weighted by Gasteiger charge is -2.34.